The molecule has 0 saturated heterocycles. The van der Waals surface area contributed by atoms with Crippen LogP contribution in [0.4, 0.5) is 0 Å². The van der Waals surface area contributed by atoms with E-state index in [0.29, 0.717) is 17.0 Å². The first-order valence-electron chi connectivity index (χ1n) is 6.29. The Morgan fingerprint density at radius 3 is 2.79 bits per heavy atom. The second kappa shape index (κ2) is 4.31. The monoisotopic (exact) mass is 280 g/mol. The lowest BCUT2D eigenvalue weighted by atomic mass is 10.1. The van der Waals surface area contributed by atoms with Crippen molar-refractivity contribution >= 4 is 20.9 Å². The van der Waals surface area contributed by atoms with Gasteiger partial charge in [-0.25, -0.2) is 13.4 Å². The smallest absolute Gasteiger partial charge is 0.198 e. The van der Waals surface area contributed by atoms with Crippen molar-refractivity contribution in [2.24, 2.45) is 5.73 Å². The quantitative estimate of drug-likeness (QED) is 0.906. The molecule has 1 aliphatic rings. The van der Waals surface area contributed by atoms with E-state index in [9.17, 15) is 8.42 Å². The molecule has 2 atom stereocenters. The molecular formula is C13H16N2O3S. The molecule has 2 N–H and O–H groups in total. The van der Waals surface area contributed by atoms with Crippen LogP contribution < -0.4 is 5.73 Å². The molecular weight excluding hydrogens is 264 g/mol. The molecule has 19 heavy (non-hydrogen) atoms. The molecule has 2 aromatic rings. The fourth-order valence-corrected chi connectivity index (χ4v) is 3.21. The van der Waals surface area contributed by atoms with E-state index in [-0.39, 0.29) is 16.9 Å². The highest BCUT2D eigenvalue weighted by atomic mass is 32.2. The fourth-order valence-electron chi connectivity index (χ4n) is 2.57. The Bertz CT molecular complexity index is 721. The molecule has 1 aliphatic carbocycles. The van der Waals surface area contributed by atoms with E-state index >= 15 is 0 Å². The average Bonchev–Trinajstić information content (AvgIpc) is 2.92. The van der Waals surface area contributed by atoms with Crippen molar-refractivity contribution in [3.05, 3.63) is 24.1 Å². The number of sulfone groups is 1. The van der Waals surface area contributed by atoms with Gasteiger partial charge in [-0.05, 0) is 37.5 Å². The van der Waals surface area contributed by atoms with Crippen LogP contribution in [0, 0.1) is 0 Å². The predicted molar refractivity (Wildman–Crippen MR) is 71.7 cm³/mol. The standard InChI is InChI=1S/C13H16N2O3S/c1-19(16,17)10-4-5-12-11(7-10)15-13(18-12)8-2-3-9(14)6-8/h4-5,7-9H,2-3,6,14H2,1H3/t8-,9+/m1/s1. The first-order valence-corrected chi connectivity index (χ1v) is 8.19. The zero-order valence-electron chi connectivity index (χ0n) is 10.7. The molecule has 0 spiro atoms. The molecule has 0 aliphatic heterocycles. The number of nitrogens with two attached hydrogens (primary N) is 1. The molecule has 1 fully saturated rings. The van der Waals surface area contributed by atoms with Crippen molar-refractivity contribution in [3.8, 4) is 0 Å². The van der Waals surface area contributed by atoms with Gasteiger partial charge in [-0.2, -0.15) is 0 Å². The summed E-state index contributed by atoms with van der Waals surface area (Å²) in [6, 6.07) is 4.99. The van der Waals surface area contributed by atoms with Gasteiger partial charge < -0.3 is 10.2 Å². The highest BCUT2D eigenvalue weighted by molar-refractivity contribution is 7.90. The van der Waals surface area contributed by atoms with Gasteiger partial charge in [0, 0.05) is 18.2 Å². The Labute approximate surface area is 111 Å². The summed E-state index contributed by atoms with van der Waals surface area (Å²) in [6.45, 7) is 0. The summed E-state index contributed by atoms with van der Waals surface area (Å²) in [7, 11) is -3.21. The molecule has 0 amide bonds. The highest BCUT2D eigenvalue weighted by Crippen LogP contribution is 2.34. The van der Waals surface area contributed by atoms with Crippen molar-refractivity contribution in [3.63, 3.8) is 0 Å². The molecule has 0 radical (unpaired) electrons. The van der Waals surface area contributed by atoms with Crippen LogP contribution in [0.1, 0.15) is 31.1 Å². The van der Waals surface area contributed by atoms with Crippen LogP contribution >= 0.6 is 0 Å². The van der Waals surface area contributed by atoms with E-state index in [1.54, 1.807) is 18.2 Å². The van der Waals surface area contributed by atoms with Crippen LogP contribution in [0.2, 0.25) is 0 Å². The van der Waals surface area contributed by atoms with E-state index < -0.39 is 9.84 Å². The van der Waals surface area contributed by atoms with Gasteiger partial charge in [-0.3, -0.25) is 0 Å². The zero-order chi connectivity index (χ0) is 13.6. The average molecular weight is 280 g/mol. The Kier molecular flexibility index (Phi) is 2.87. The largest absolute Gasteiger partial charge is 0.440 e. The maximum absolute atomic E-state index is 11.5. The highest BCUT2D eigenvalue weighted by Gasteiger charge is 2.27. The van der Waals surface area contributed by atoms with Crippen molar-refractivity contribution in [1.29, 1.82) is 0 Å². The SMILES string of the molecule is CS(=O)(=O)c1ccc2oc([C@@H]3CC[C@H](N)C3)nc2c1. The van der Waals surface area contributed by atoms with Crippen LogP contribution in [0.15, 0.2) is 27.5 Å². The van der Waals surface area contributed by atoms with Crippen LogP contribution in [0.3, 0.4) is 0 Å². The predicted octanol–water partition coefficient (Wildman–Crippen LogP) is 1.83. The topological polar surface area (TPSA) is 86.2 Å². The Balaban J connectivity index is 2.02. The Morgan fingerprint density at radius 1 is 1.37 bits per heavy atom. The van der Waals surface area contributed by atoms with Crippen LogP contribution in [-0.2, 0) is 9.84 Å². The summed E-state index contributed by atoms with van der Waals surface area (Å²) < 4.78 is 28.7. The Morgan fingerprint density at radius 2 is 2.16 bits per heavy atom. The molecule has 1 heterocycles. The van der Waals surface area contributed by atoms with Gasteiger partial charge in [-0.15, -0.1) is 0 Å². The summed E-state index contributed by atoms with van der Waals surface area (Å²) in [6.07, 6.45) is 4.03. The molecule has 1 saturated carbocycles. The van der Waals surface area contributed by atoms with Crippen molar-refractivity contribution < 1.29 is 12.8 Å². The molecule has 0 unspecified atom stereocenters. The number of hydrogen-bond donors (Lipinski definition) is 1. The van der Waals surface area contributed by atoms with Gasteiger partial charge >= 0.3 is 0 Å². The minimum Gasteiger partial charge on any atom is -0.440 e. The number of fused-ring (bicyclic) bond motifs is 1. The third-order valence-electron chi connectivity index (χ3n) is 3.63. The first-order chi connectivity index (χ1) is 8.93. The second-order valence-corrected chi connectivity index (χ2v) is 7.24. The van der Waals surface area contributed by atoms with Gasteiger partial charge in [0.15, 0.2) is 21.3 Å². The van der Waals surface area contributed by atoms with Gasteiger partial charge in [0.25, 0.3) is 0 Å². The van der Waals surface area contributed by atoms with E-state index in [2.05, 4.69) is 4.98 Å². The van der Waals surface area contributed by atoms with Gasteiger partial charge in [0.1, 0.15) is 5.52 Å². The van der Waals surface area contributed by atoms with Crippen molar-refractivity contribution in [2.45, 2.75) is 36.1 Å². The third kappa shape index (κ3) is 2.37. The van der Waals surface area contributed by atoms with E-state index in [1.807, 2.05) is 0 Å². The zero-order valence-corrected chi connectivity index (χ0v) is 11.5. The summed E-state index contributed by atoms with van der Waals surface area (Å²) in [4.78, 5) is 4.68. The molecule has 102 valence electrons. The summed E-state index contributed by atoms with van der Waals surface area (Å²) in [5.74, 6) is 0.928. The van der Waals surface area contributed by atoms with Crippen molar-refractivity contribution in [2.75, 3.05) is 6.26 Å². The molecule has 3 rings (SSSR count). The van der Waals surface area contributed by atoms with Gasteiger partial charge in [-0.1, -0.05) is 0 Å². The second-order valence-electron chi connectivity index (χ2n) is 5.22. The lowest BCUT2D eigenvalue weighted by Gasteiger charge is -2.02. The number of nitrogens with zero attached hydrogens (tertiary/aromatic N) is 1. The molecule has 5 nitrogen and oxygen atoms in total. The molecule has 6 heteroatoms. The number of benzene rings is 1. The number of hydrogen-bond acceptors (Lipinski definition) is 5. The minimum atomic E-state index is -3.21. The maximum atomic E-state index is 11.5. The lowest BCUT2D eigenvalue weighted by molar-refractivity contribution is 0.471. The summed E-state index contributed by atoms with van der Waals surface area (Å²) >= 11 is 0. The van der Waals surface area contributed by atoms with E-state index in [4.69, 9.17) is 10.2 Å². The van der Waals surface area contributed by atoms with E-state index in [0.717, 1.165) is 19.3 Å². The molecule has 1 aromatic carbocycles. The third-order valence-corrected chi connectivity index (χ3v) is 4.74. The van der Waals surface area contributed by atoms with Crippen LogP contribution in [0.5, 0.6) is 0 Å². The number of aromatic nitrogens is 1. The molecule has 1 aromatic heterocycles. The maximum Gasteiger partial charge on any atom is 0.198 e. The van der Waals surface area contributed by atoms with Gasteiger partial charge in [0.2, 0.25) is 0 Å². The molecule has 0 bridgehead atoms. The number of oxazole rings is 1. The van der Waals surface area contributed by atoms with Crippen molar-refractivity contribution in [1.82, 2.24) is 4.98 Å². The fraction of sp³-hybridized carbons (Fsp3) is 0.462. The van der Waals surface area contributed by atoms with Crippen LogP contribution in [-0.4, -0.2) is 25.7 Å². The summed E-state index contributed by atoms with van der Waals surface area (Å²) in [5.41, 5.74) is 7.11. The van der Waals surface area contributed by atoms with Crippen LogP contribution in [0.25, 0.3) is 11.1 Å². The van der Waals surface area contributed by atoms with Gasteiger partial charge in [0.05, 0.1) is 4.90 Å². The Hall–Kier alpha value is -1.40. The van der Waals surface area contributed by atoms with E-state index in [1.165, 1.54) is 6.26 Å². The lowest BCUT2D eigenvalue weighted by Crippen LogP contribution is -2.14. The number of rotatable bonds is 2. The first kappa shape index (κ1) is 12.6. The minimum absolute atomic E-state index is 0.214. The summed E-state index contributed by atoms with van der Waals surface area (Å²) in [5, 5.41) is 0. The normalized spacial score (nSPS) is 24.1.